The van der Waals surface area contributed by atoms with Gasteiger partial charge in [-0.25, -0.2) is 0 Å². The summed E-state index contributed by atoms with van der Waals surface area (Å²) in [5, 5.41) is 1.14. The first kappa shape index (κ1) is 5.27. The van der Waals surface area contributed by atoms with Crippen LogP contribution in [0.2, 0.25) is 4.47 Å². The minimum absolute atomic E-state index is 1.14. The molecular weight excluding hydrogens is 232 g/mol. The predicted molar refractivity (Wildman–Crippen MR) is 24.4 cm³/mol. The summed E-state index contributed by atoms with van der Waals surface area (Å²) < 4.78 is 1.25. The van der Waals surface area contributed by atoms with Crippen LogP contribution in [-0.2, 0) is 0 Å². The van der Waals surface area contributed by atoms with E-state index in [1.165, 1.54) is 4.47 Å². The van der Waals surface area contributed by atoms with Gasteiger partial charge in [0.05, 0.1) is 0 Å². The zero-order valence-corrected chi connectivity index (χ0v) is 6.12. The Kier molecular flexibility index (Phi) is 5.62. The Morgan fingerprint density at radius 3 is 2.00 bits per heavy atom. The Hall–Kier alpha value is 1.27. The van der Waals surface area contributed by atoms with Crippen LogP contribution in [0.25, 0.3) is 0 Å². The molecule has 0 amide bonds. The van der Waals surface area contributed by atoms with E-state index >= 15 is 0 Å². The van der Waals surface area contributed by atoms with Crippen LogP contribution in [0.1, 0.15) is 0 Å². The Labute approximate surface area is 48.0 Å². The second-order valence-electron chi connectivity index (χ2n) is 0.393. The molecule has 25 valence electrons. The molecule has 0 aromatic rings. The summed E-state index contributed by atoms with van der Waals surface area (Å²) >= 11 is 5.33. The maximum absolute atomic E-state index is 3.25. The third kappa shape index (κ3) is 3.27. The molecule has 4 heavy (non-hydrogen) atoms. The van der Waals surface area contributed by atoms with E-state index in [0.717, 1.165) is 5.33 Å². The van der Waals surface area contributed by atoms with Crippen molar-refractivity contribution in [2.24, 2.45) is 0 Å². The topological polar surface area (TPSA) is 0 Å². The van der Waals surface area contributed by atoms with Crippen molar-refractivity contribution in [3.8, 4) is 0 Å². The number of rotatable bonds is 1. The van der Waals surface area contributed by atoms with E-state index in [4.69, 9.17) is 0 Å². The van der Waals surface area contributed by atoms with Gasteiger partial charge in [-0.15, -0.1) is 0 Å². The average molecular weight is 236 g/mol. The average Bonchev–Trinajstić information content (AvgIpc) is 1.37. The van der Waals surface area contributed by atoms with Crippen molar-refractivity contribution in [2.75, 3.05) is 5.33 Å². The first-order valence-electron chi connectivity index (χ1n) is 1.06. The molecule has 0 aliphatic rings. The van der Waals surface area contributed by atoms with Crippen LogP contribution in [0.5, 0.6) is 0 Å². The molecule has 0 spiro atoms. The van der Waals surface area contributed by atoms with Crippen molar-refractivity contribution in [1.29, 1.82) is 0 Å². The molecule has 0 rings (SSSR count). The second kappa shape index (κ2) is 4.27. The number of hydrogen-bond acceptors (Lipinski definition) is 0. The molecule has 0 saturated heterocycles. The maximum atomic E-state index is 3.25. The molecule has 0 aromatic carbocycles. The first-order chi connectivity index (χ1) is 1.91. The molecule has 0 aliphatic heterocycles. The minimum atomic E-state index is 1.14. The quantitative estimate of drug-likeness (QED) is 0.469. The van der Waals surface area contributed by atoms with E-state index in [9.17, 15) is 0 Å². The van der Waals surface area contributed by atoms with Crippen LogP contribution in [0.4, 0.5) is 0 Å². The van der Waals surface area contributed by atoms with Crippen molar-refractivity contribution in [3.63, 3.8) is 0 Å². The molecule has 0 saturated carbocycles. The Balaban J connectivity index is 1.97. The Bertz CT molecular complexity index is 8.00. The SMILES string of the molecule is BrCC[Te]. The van der Waals surface area contributed by atoms with Gasteiger partial charge in [-0.05, 0) is 0 Å². The Morgan fingerprint density at radius 2 is 2.00 bits per heavy atom. The molecule has 0 nitrogen and oxygen atoms in total. The first-order valence-corrected chi connectivity index (χ1v) is 3.83. The fraction of sp³-hybridized carbons (Fsp3) is 1.00. The Morgan fingerprint density at radius 1 is 1.75 bits per heavy atom. The van der Waals surface area contributed by atoms with Gasteiger partial charge in [0.1, 0.15) is 0 Å². The van der Waals surface area contributed by atoms with Crippen molar-refractivity contribution in [1.82, 2.24) is 0 Å². The van der Waals surface area contributed by atoms with Crippen molar-refractivity contribution >= 4 is 38.2 Å². The number of alkyl halides is 1. The zero-order valence-electron chi connectivity index (χ0n) is 2.20. The normalized spacial score (nSPS) is 7.50. The van der Waals surface area contributed by atoms with E-state index in [0.29, 0.717) is 0 Å². The molecule has 0 N–H and O–H groups in total. The second-order valence-corrected chi connectivity index (χ2v) is 2.35. The van der Waals surface area contributed by atoms with Gasteiger partial charge in [0, 0.05) is 0 Å². The number of halogens is 1. The van der Waals surface area contributed by atoms with Crippen LogP contribution in [-0.4, -0.2) is 27.6 Å². The number of hydrogen-bond donors (Lipinski definition) is 0. The molecule has 0 aromatic heterocycles. The monoisotopic (exact) mass is 237 g/mol. The summed E-state index contributed by atoms with van der Waals surface area (Å²) in [7, 11) is 0. The summed E-state index contributed by atoms with van der Waals surface area (Å²) in [5.74, 6) is 0. The van der Waals surface area contributed by atoms with Crippen molar-refractivity contribution in [3.05, 3.63) is 0 Å². The molecule has 0 bridgehead atoms. The van der Waals surface area contributed by atoms with Gasteiger partial charge in [0.2, 0.25) is 0 Å². The van der Waals surface area contributed by atoms with Crippen LogP contribution >= 0.6 is 15.9 Å². The van der Waals surface area contributed by atoms with Gasteiger partial charge in [-0.3, -0.25) is 0 Å². The summed E-state index contributed by atoms with van der Waals surface area (Å²) in [6, 6.07) is 0. The molecule has 0 aliphatic carbocycles. The molecule has 1 radical (unpaired) electrons. The molecule has 0 unspecified atom stereocenters. The fourth-order valence-electron chi connectivity index (χ4n) is 0. The predicted octanol–water partition coefficient (Wildman–Crippen LogP) is 0.968. The molecule has 0 heterocycles. The fourth-order valence-corrected chi connectivity index (χ4v) is 0. The van der Waals surface area contributed by atoms with Crippen molar-refractivity contribution < 1.29 is 0 Å². The van der Waals surface area contributed by atoms with Gasteiger partial charge >= 0.3 is 48.0 Å². The molecule has 2 heteroatoms. The zero-order chi connectivity index (χ0) is 3.41. The molecule has 0 fully saturated rings. The van der Waals surface area contributed by atoms with E-state index in [1.54, 1.807) is 0 Å². The van der Waals surface area contributed by atoms with E-state index in [-0.39, 0.29) is 0 Å². The van der Waals surface area contributed by atoms with Gasteiger partial charge in [0.15, 0.2) is 0 Å². The summed E-state index contributed by atoms with van der Waals surface area (Å²) in [6.07, 6.45) is 0. The third-order valence-corrected chi connectivity index (χ3v) is 2.69. The van der Waals surface area contributed by atoms with Crippen LogP contribution in [0.15, 0.2) is 0 Å². The molecule has 0 atom stereocenters. The summed E-state index contributed by atoms with van der Waals surface area (Å²) in [4.78, 5) is 0. The summed E-state index contributed by atoms with van der Waals surface area (Å²) in [6.45, 7) is 0. The third-order valence-electron chi connectivity index (χ3n) is 0.0772. The molecular formula is C2H4BrTe. The van der Waals surface area contributed by atoms with Crippen LogP contribution in [0.3, 0.4) is 0 Å². The van der Waals surface area contributed by atoms with E-state index < -0.39 is 0 Å². The van der Waals surface area contributed by atoms with Gasteiger partial charge in [0.25, 0.3) is 0 Å². The van der Waals surface area contributed by atoms with Gasteiger partial charge < -0.3 is 0 Å². The van der Waals surface area contributed by atoms with Crippen LogP contribution < -0.4 is 0 Å². The summed E-state index contributed by atoms with van der Waals surface area (Å²) in [5.41, 5.74) is 0. The van der Waals surface area contributed by atoms with E-state index in [2.05, 4.69) is 38.2 Å². The van der Waals surface area contributed by atoms with E-state index in [1.807, 2.05) is 0 Å². The van der Waals surface area contributed by atoms with Gasteiger partial charge in [-0.1, -0.05) is 0 Å². The van der Waals surface area contributed by atoms with Crippen LogP contribution in [0, 0.1) is 0 Å². The van der Waals surface area contributed by atoms with Crippen molar-refractivity contribution in [2.45, 2.75) is 4.47 Å². The standard InChI is InChI=1S/C2H4BrTe/c3-1-2-4/h1-2H2. The van der Waals surface area contributed by atoms with Gasteiger partial charge in [-0.2, -0.15) is 0 Å².